The maximum Gasteiger partial charge on any atom is 0.242 e. The number of amides is 1. The number of nitrogen functional groups attached to an aromatic ring is 1. The van der Waals surface area contributed by atoms with E-state index in [1.165, 1.54) is 18.2 Å². The molecule has 1 aromatic rings. The topological polar surface area (TPSA) is 137 Å². The van der Waals surface area contributed by atoms with Crippen molar-refractivity contribution in [2.24, 2.45) is 5.14 Å². The summed E-state index contributed by atoms with van der Waals surface area (Å²) in [6.07, 6.45) is 0. The van der Waals surface area contributed by atoms with Gasteiger partial charge in [-0.05, 0) is 25.1 Å². The van der Waals surface area contributed by atoms with Crippen LogP contribution in [0.15, 0.2) is 23.1 Å². The molecule has 118 valence electrons. The average molecular weight is 316 g/mol. The lowest BCUT2D eigenvalue weighted by Gasteiger charge is -2.17. The van der Waals surface area contributed by atoms with Crippen LogP contribution in [0.3, 0.4) is 0 Å². The molecule has 0 aliphatic carbocycles. The predicted octanol–water partition coefficient (Wildman–Crippen LogP) is -0.521. The Morgan fingerprint density at radius 3 is 2.62 bits per heavy atom. The van der Waals surface area contributed by atoms with Gasteiger partial charge < -0.3 is 21.1 Å². The fourth-order valence-corrected chi connectivity index (χ4v) is 2.13. The molecule has 0 fully saturated rings. The molecule has 0 bridgehead atoms. The van der Waals surface area contributed by atoms with Crippen molar-refractivity contribution in [1.82, 2.24) is 5.32 Å². The third kappa shape index (κ3) is 5.21. The molecular formula is C12H20N4O4S. The van der Waals surface area contributed by atoms with E-state index in [0.29, 0.717) is 18.8 Å². The molecule has 21 heavy (non-hydrogen) atoms. The van der Waals surface area contributed by atoms with E-state index in [9.17, 15) is 13.2 Å². The predicted molar refractivity (Wildman–Crippen MR) is 80.2 cm³/mol. The van der Waals surface area contributed by atoms with Gasteiger partial charge in [0, 0.05) is 13.7 Å². The minimum absolute atomic E-state index is 0.0808. The van der Waals surface area contributed by atoms with Gasteiger partial charge in [0.15, 0.2) is 0 Å². The van der Waals surface area contributed by atoms with E-state index >= 15 is 0 Å². The van der Waals surface area contributed by atoms with E-state index in [0.717, 1.165) is 0 Å². The van der Waals surface area contributed by atoms with E-state index in [4.69, 9.17) is 15.6 Å². The second kappa shape index (κ2) is 7.25. The maximum atomic E-state index is 11.8. The number of hydrogen-bond donors (Lipinski definition) is 4. The third-order valence-corrected chi connectivity index (χ3v) is 3.63. The summed E-state index contributed by atoms with van der Waals surface area (Å²) in [6, 6.07) is 3.50. The normalized spacial score (nSPS) is 12.7. The molecule has 0 spiro atoms. The zero-order chi connectivity index (χ0) is 16.0. The highest BCUT2D eigenvalue weighted by molar-refractivity contribution is 7.89. The Morgan fingerprint density at radius 1 is 1.43 bits per heavy atom. The molecule has 0 radical (unpaired) electrons. The highest BCUT2D eigenvalue weighted by atomic mass is 32.2. The fraction of sp³-hybridized carbons (Fsp3) is 0.417. The van der Waals surface area contributed by atoms with Gasteiger partial charge in [0.2, 0.25) is 15.9 Å². The Balaban J connectivity index is 2.73. The van der Waals surface area contributed by atoms with Crippen molar-refractivity contribution < 1.29 is 17.9 Å². The van der Waals surface area contributed by atoms with Gasteiger partial charge in [0.25, 0.3) is 0 Å². The summed E-state index contributed by atoms with van der Waals surface area (Å²) in [5.41, 5.74) is 6.40. The molecule has 9 heteroatoms. The summed E-state index contributed by atoms with van der Waals surface area (Å²) < 4.78 is 27.2. The van der Waals surface area contributed by atoms with E-state index in [2.05, 4.69) is 10.6 Å². The van der Waals surface area contributed by atoms with Crippen LogP contribution in [0.2, 0.25) is 0 Å². The SMILES string of the molecule is COCCNC(=O)C(C)Nc1ccc(S(N)(=O)=O)cc1N. The number of carbonyl (C=O) groups excluding carboxylic acids is 1. The van der Waals surface area contributed by atoms with Gasteiger partial charge >= 0.3 is 0 Å². The number of ether oxygens (including phenoxy) is 1. The standard InChI is InChI=1S/C12H20N4O4S/c1-8(12(17)15-5-6-20-2)16-11-4-3-9(7-10(11)13)21(14,18)19/h3-4,7-8,16H,5-6,13H2,1-2H3,(H,15,17)(H2,14,18,19). The molecule has 1 atom stereocenters. The first-order valence-electron chi connectivity index (χ1n) is 6.21. The van der Waals surface area contributed by atoms with Crippen LogP contribution in [0.1, 0.15) is 6.92 Å². The summed E-state index contributed by atoms with van der Waals surface area (Å²) in [5.74, 6) is -0.220. The van der Waals surface area contributed by atoms with Crippen molar-refractivity contribution in [1.29, 1.82) is 0 Å². The van der Waals surface area contributed by atoms with Gasteiger partial charge in [-0.25, -0.2) is 13.6 Å². The van der Waals surface area contributed by atoms with Crippen LogP contribution in [0.4, 0.5) is 11.4 Å². The summed E-state index contributed by atoms with van der Waals surface area (Å²) in [5, 5.41) is 10.6. The molecule has 0 saturated heterocycles. The van der Waals surface area contributed by atoms with E-state index in [-0.39, 0.29) is 16.5 Å². The van der Waals surface area contributed by atoms with E-state index in [1.54, 1.807) is 14.0 Å². The Labute approximate surface area is 123 Å². The van der Waals surface area contributed by atoms with Gasteiger partial charge in [-0.3, -0.25) is 4.79 Å². The van der Waals surface area contributed by atoms with Gasteiger partial charge in [0.05, 0.1) is 22.9 Å². The number of benzene rings is 1. The van der Waals surface area contributed by atoms with Crippen molar-refractivity contribution in [3.63, 3.8) is 0 Å². The lowest BCUT2D eigenvalue weighted by Crippen LogP contribution is -2.39. The minimum atomic E-state index is -3.80. The molecule has 1 aromatic carbocycles. The number of carbonyl (C=O) groups is 1. The molecule has 1 amide bonds. The molecular weight excluding hydrogens is 296 g/mol. The quantitative estimate of drug-likeness (QED) is 0.394. The minimum Gasteiger partial charge on any atom is -0.397 e. The molecule has 0 aromatic heterocycles. The molecule has 1 unspecified atom stereocenters. The Kier molecular flexibility index (Phi) is 5.94. The first kappa shape index (κ1) is 17.2. The molecule has 0 aliphatic rings. The van der Waals surface area contributed by atoms with Crippen LogP contribution in [0.5, 0.6) is 0 Å². The maximum absolute atomic E-state index is 11.8. The summed E-state index contributed by atoms with van der Waals surface area (Å²) in [4.78, 5) is 11.7. The van der Waals surface area contributed by atoms with Crippen LogP contribution in [0.25, 0.3) is 0 Å². The Morgan fingerprint density at radius 2 is 2.10 bits per heavy atom. The van der Waals surface area contributed by atoms with Crippen LogP contribution in [-0.2, 0) is 19.6 Å². The third-order valence-electron chi connectivity index (χ3n) is 2.72. The molecule has 0 aliphatic heterocycles. The van der Waals surface area contributed by atoms with Gasteiger partial charge in [-0.15, -0.1) is 0 Å². The number of methoxy groups -OCH3 is 1. The first-order valence-corrected chi connectivity index (χ1v) is 7.76. The van der Waals surface area contributed by atoms with E-state index in [1.807, 2.05) is 0 Å². The molecule has 0 heterocycles. The lowest BCUT2D eigenvalue weighted by atomic mass is 10.2. The Hall–Kier alpha value is -1.84. The number of nitrogens with two attached hydrogens (primary N) is 2. The number of nitrogens with one attached hydrogen (secondary N) is 2. The van der Waals surface area contributed by atoms with E-state index < -0.39 is 16.1 Å². The molecule has 1 rings (SSSR count). The number of anilines is 2. The average Bonchev–Trinajstić information content (AvgIpc) is 2.39. The van der Waals surface area contributed by atoms with Crippen LogP contribution < -0.4 is 21.5 Å². The van der Waals surface area contributed by atoms with Gasteiger partial charge in [0.1, 0.15) is 6.04 Å². The molecule has 8 nitrogen and oxygen atoms in total. The highest BCUT2D eigenvalue weighted by Gasteiger charge is 2.15. The number of rotatable bonds is 7. The van der Waals surface area contributed by atoms with Crippen LogP contribution >= 0.6 is 0 Å². The zero-order valence-corrected chi connectivity index (χ0v) is 12.7. The van der Waals surface area contributed by atoms with Crippen molar-refractivity contribution in [3.8, 4) is 0 Å². The second-order valence-electron chi connectivity index (χ2n) is 4.44. The van der Waals surface area contributed by atoms with Gasteiger partial charge in [-0.1, -0.05) is 0 Å². The second-order valence-corrected chi connectivity index (χ2v) is 6.01. The summed E-state index contributed by atoms with van der Waals surface area (Å²) in [7, 11) is -2.26. The number of hydrogen-bond acceptors (Lipinski definition) is 6. The summed E-state index contributed by atoms with van der Waals surface area (Å²) in [6.45, 7) is 2.49. The summed E-state index contributed by atoms with van der Waals surface area (Å²) >= 11 is 0. The number of sulfonamides is 1. The van der Waals surface area contributed by atoms with Crippen LogP contribution in [0, 0.1) is 0 Å². The highest BCUT2D eigenvalue weighted by Crippen LogP contribution is 2.22. The molecule has 0 saturated carbocycles. The van der Waals surface area contributed by atoms with Crippen LogP contribution in [-0.4, -0.2) is 40.6 Å². The molecule has 6 N–H and O–H groups in total. The first-order chi connectivity index (χ1) is 9.75. The van der Waals surface area contributed by atoms with Gasteiger partial charge in [-0.2, -0.15) is 0 Å². The smallest absolute Gasteiger partial charge is 0.242 e. The monoisotopic (exact) mass is 316 g/mol. The van der Waals surface area contributed by atoms with Crippen molar-refractivity contribution in [3.05, 3.63) is 18.2 Å². The zero-order valence-electron chi connectivity index (χ0n) is 11.9. The van der Waals surface area contributed by atoms with Crippen molar-refractivity contribution >= 4 is 27.3 Å². The Bertz CT molecular complexity index is 603. The fourth-order valence-electron chi connectivity index (χ4n) is 1.58. The van der Waals surface area contributed by atoms with Crippen molar-refractivity contribution in [2.75, 3.05) is 31.3 Å². The van der Waals surface area contributed by atoms with Crippen molar-refractivity contribution in [2.45, 2.75) is 17.9 Å². The number of primary sulfonamides is 1. The lowest BCUT2D eigenvalue weighted by molar-refractivity contribution is -0.121. The largest absolute Gasteiger partial charge is 0.397 e.